The van der Waals surface area contributed by atoms with Crippen molar-refractivity contribution in [2.24, 2.45) is 4.99 Å². The predicted octanol–water partition coefficient (Wildman–Crippen LogP) is 1.55. The summed E-state index contributed by atoms with van der Waals surface area (Å²) >= 11 is 0. The molecular formula is C21H30N4O2. The van der Waals surface area contributed by atoms with Crippen molar-refractivity contribution in [2.45, 2.75) is 38.3 Å². The fourth-order valence-corrected chi connectivity index (χ4v) is 3.73. The van der Waals surface area contributed by atoms with Crippen LogP contribution in [0.4, 0.5) is 0 Å². The molecule has 0 bridgehead atoms. The van der Waals surface area contributed by atoms with Gasteiger partial charge in [0, 0.05) is 39.1 Å². The maximum absolute atomic E-state index is 12.1. The minimum absolute atomic E-state index is 0.101. The Bertz CT molecular complexity index is 689. The number of fused-ring (bicyclic) bond motifs is 1. The molecule has 2 N–H and O–H groups in total. The van der Waals surface area contributed by atoms with Gasteiger partial charge in [0.1, 0.15) is 12.4 Å². The van der Waals surface area contributed by atoms with Crippen LogP contribution in [-0.4, -0.2) is 65.5 Å². The van der Waals surface area contributed by atoms with Crippen LogP contribution in [0, 0.1) is 0 Å². The van der Waals surface area contributed by atoms with Crippen LogP contribution in [0.15, 0.2) is 42.0 Å². The standard InChI is InChI=1S/C21H30N4O2/c1-2-25-11-6-5-9-20(25)22-14-21(27)23-13-19(26)16-24-12-10-17-7-3-4-8-18(17)15-24/h2-4,7-8,19,26H,1,5-6,9-16H2,(H,23,27). The number of carbonyl (C=O) groups excluding carboxylic acids is 1. The van der Waals surface area contributed by atoms with Crippen LogP contribution in [0.1, 0.15) is 30.4 Å². The van der Waals surface area contributed by atoms with Gasteiger partial charge in [0.25, 0.3) is 0 Å². The molecule has 0 aliphatic carbocycles. The zero-order valence-corrected chi connectivity index (χ0v) is 15.9. The number of β-amino-alcohol motifs (C(OH)–C–C–N with tert-alkyl or cyclic N) is 1. The van der Waals surface area contributed by atoms with E-state index in [0.29, 0.717) is 6.54 Å². The Kier molecular flexibility index (Phi) is 7.01. The van der Waals surface area contributed by atoms with Crippen LogP contribution in [0.3, 0.4) is 0 Å². The number of amidine groups is 1. The summed E-state index contributed by atoms with van der Waals surface area (Å²) in [6.45, 7) is 7.43. The third kappa shape index (κ3) is 5.65. The molecule has 6 nitrogen and oxygen atoms in total. The molecule has 1 aromatic rings. The van der Waals surface area contributed by atoms with E-state index in [1.54, 1.807) is 6.20 Å². The number of amides is 1. The quantitative estimate of drug-likeness (QED) is 0.764. The monoisotopic (exact) mass is 370 g/mol. The molecule has 1 fully saturated rings. The SMILES string of the molecule is C=CN1CCCCC1=NCC(=O)NCC(O)CN1CCc2ccccc2C1. The van der Waals surface area contributed by atoms with Crippen molar-refractivity contribution in [3.63, 3.8) is 0 Å². The van der Waals surface area contributed by atoms with E-state index < -0.39 is 6.10 Å². The van der Waals surface area contributed by atoms with Crippen molar-refractivity contribution in [1.29, 1.82) is 0 Å². The average molecular weight is 370 g/mol. The lowest BCUT2D eigenvalue weighted by molar-refractivity contribution is -0.120. The normalized spacial score (nSPS) is 20.2. The van der Waals surface area contributed by atoms with Gasteiger partial charge < -0.3 is 15.3 Å². The summed E-state index contributed by atoms with van der Waals surface area (Å²) in [5.74, 6) is 0.777. The van der Waals surface area contributed by atoms with E-state index in [-0.39, 0.29) is 19.0 Å². The molecule has 27 heavy (non-hydrogen) atoms. The number of rotatable bonds is 7. The zero-order valence-electron chi connectivity index (χ0n) is 15.9. The van der Waals surface area contributed by atoms with Crippen molar-refractivity contribution in [3.8, 4) is 0 Å². The summed E-state index contributed by atoms with van der Waals surface area (Å²) in [6, 6.07) is 8.45. The lowest BCUT2D eigenvalue weighted by Gasteiger charge is -2.30. The van der Waals surface area contributed by atoms with Crippen molar-refractivity contribution in [1.82, 2.24) is 15.1 Å². The molecule has 0 aromatic heterocycles. The summed E-state index contributed by atoms with van der Waals surface area (Å²) in [5.41, 5.74) is 2.72. The summed E-state index contributed by atoms with van der Waals surface area (Å²) in [6.07, 6.45) is 5.32. The molecule has 1 aromatic carbocycles. The minimum atomic E-state index is -0.578. The third-order valence-corrected chi connectivity index (χ3v) is 5.22. The van der Waals surface area contributed by atoms with Crippen molar-refractivity contribution < 1.29 is 9.90 Å². The van der Waals surface area contributed by atoms with Gasteiger partial charge in [-0.2, -0.15) is 0 Å². The summed E-state index contributed by atoms with van der Waals surface area (Å²) < 4.78 is 0. The lowest BCUT2D eigenvalue weighted by Crippen LogP contribution is -2.42. The Morgan fingerprint density at radius 2 is 2.07 bits per heavy atom. The first-order valence-electron chi connectivity index (χ1n) is 9.82. The summed E-state index contributed by atoms with van der Waals surface area (Å²) in [5, 5.41) is 13.1. The molecule has 2 aliphatic rings. The number of nitrogens with one attached hydrogen (secondary N) is 1. The van der Waals surface area contributed by atoms with E-state index >= 15 is 0 Å². The number of likely N-dealkylation sites (tertiary alicyclic amines) is 1. The van der Waals surface area contributed by atoms with Crippen LogP contribution < -0.4 is 5.32 Å². The molecule has 6 heteroatoms. The molecule has 1 atom stereocenters. The Labute approximate surface area is 161 Å². The Balaban J connectivity index is 1.39. The van der Waals surface area contributed by atoms with Gasteiger partial charge in [-0.15, -0.1) is 0 Å². The molecule has 1 amide bonds. The number of benzene rings is 1. The topological polar surface area (TPSA) is 68.2 Å². The highest BCUT2D eigenvalue weighted by atomic mass is 16.3. The number of nitrogens with zero attached hydrogens (tertiary/aromatic N) is 3. The maximum atomic E-state index is 12.1. The Morgan fingerprint density at radius 3 is 2.89 bits per heavy atom. The summed E-state index contributed by atoms with van der Waals surface area (Å²) in [4.78, 5) is 20.7. The van der Waals surface area contributed by atoms with E-state index in [0.717, 1.165) is 51.2 Å². The van der Waals surface area contributed by atoms with E-state index in [1.165, 1.54) is 11.1 Å². The second-order valence-electron chi connectivity index (χ2n) is 7.28. The number of piperidine rings is 1. The van der Waals surface area contributed by atoms with Gasteiger partial charge >= 0.3 is 0 Å². The smallest absolute Gasteiger partial charge is 0.241 e. The molecule has 2 aliphatic heterocycles. The molecule has 1 saturated heterocycles. The number of carbonyl (C=O) groups is 1. The highest BCUT2D eigenvalue weighted by Gasteiger charge is 2.19. The second kappa shape index (κ2) is 9.67. The largest absolute Gasteiger partial charge is 0.390 e. The van der Waals surface area contributed by atoms with Crippen molar-refractivity contribution in [2.75, 3.05) is 32.7 Å². The molecule has 0 saturated carbocycles. The van der Waals surface area contributed by atoms with Gasteiger partial charge in [-0.1, -0.05) is 30.8 Å². The molecule has 146 valence electrons. The number of aliphatic hydroxyl groups excluding tert-OH is 1. The molecular weight excluding hydrogens is 340 g/mol. The van der Waals surface area contributed by atoms with E-state index in [4.69, 9.17) is 0 Å². The fourth-order valence-electron chi connectivity index (χ4n) is 3.73. The van der Waals surface area contributed by atoms with E-state index in [2.05, 4.69) is 46.1 Å². The highest BCUT2D eigenvalue weighted by Crippen LogP contribution is 2.18. The number of aliphatic imine (C=N–C) groups is 1. The Morgan fingerprint density at radius 1 is 1.26 bits per heavy atom. The molecule has 3 rings (SSSR count). The highest BCUT2D eigenvalue weighted by molar-refractivity contribution is 5.87. The van der Waals surface area contributed by atoms with Gasteiger partial charge in [0.05, 0.1) is 6.10 Å². The number of aliphatic hydroxyl groups is 1. The molecule has 0 radical (unpaired) electrons. The van der Waals surface area contributed by atoms with Crippen molar-refractivity contribution in [3.05, 3.63) is 48.2 Å². The van der Waals surface area contributed by atoms with Crippen molar-refractivity contribution >= 4 is 11.7 Å². The van der Waals surface area contributed by atoms with Gasteiger partial charge in [0.2, 0.25) is 5.91 Å². The first kappa shape index (κ1) is 19.6. The van der Waals surface area contributed by atoms with Crippen LogP contribution in [0.25, 0.3) is 0 Å². The third-order valence-electron chi connectivity index (χ3n) is 5.22. The first-order valence-corrected chi connectivity index (χ1v) is 9.82. The van der Waals surface area contributed by atoms with Crippen LogP contribution in [0.2, 0.25) is 0 Å². The fraction of sp³-hybridized carbons (Fsp3) is 0.524. The average Bonchev–Trinajstić information content (AvgIpc) is 2.70. The van der Waals surface area contributed by atoms with Gasteiger partial charge in [-0.3, -0.25) is 14.7 Å². The minimum Gasteiger partial charge on any atom is -0.390 e. The molecule has 2 heterocycles. The van der Waals surface area contributed by atoms with E-state index in [9.17, 15) is 9.90 Å². The first-order chi connectivity index (χ1) is 13.2. The van der Waals surface area contributed by atoms with Crippen LogP contribution in [-0.2, 0) is 17.8 Å². The molecule has 0 spiro atoms. The number of hydrogen-bond acceptors (Lipinski definition) is 4. The number of hydrogen-bond donors (Lipinski definition) is 2. The predicted molar refractivity (Wildman–Crippen MR) is 107 cm³/mol. The maximum Gasteiger partial charge on any atom is 0.241 e. The summed E-state index contributed by atoms with van der Waals surface area (Å²) in [7, 11) is 0. The van der Waals surface area contributed by atoms with Gasteiger partial charge in [0.15, 0.2) is 0 Å². The van der Waals surface area contributed by atoms with Gasteiger partial charge in [-0.25, -0.2) is 0 Å². The lowest BCUT2D eigenvalue weighted by atomic mass is 10.00. The van der Waals surface area contributed by atoms with Gasteiger partial charge in [-0.05, 0) is 36.6 Å². The van der Waals surface area contributed by atoms with Crippen LogP contribution in [0.5, 0.6) is 0 Å². The second-order valence-corrected chi connectivity index (χ2v) is 7.28. The Hall–Kier alpha value is -2.18. The van der Waals surface area contributed by atoms with E-state index in [1.807, 2.05) is 4.90 Å². The zero-order chi connectivity index (χ0) is 19.1. The molecule has 1 unspecified atom stereocenters. The van der Waals surface area contributed by atoms with Crippen LogP contribution >= 0.6 is 0 Å².